The molecule has 0 unspecified atom stereocenters. The quantitative estimate of drug-likeness (QED) is 0.423. The van der Waals surface area contributed by atoms with E-state index in [0.717, 1.165) is 23.7 Å². The van der Waals surface area contributed by atoms with Gasteiger partial charge in [-0.1, -0.05) is 18.2 Å². The van der Waals surface area contributed by atoms with Crippen LogP contribution in [-0.4, -0.2) is 23.3 Å². The van der Waals surface area contributed by atoms with E-state index in [2.05, 4.69) is 28.1 Å². The lowest BCUT2D eigenvalue weighted by Gasteiger charge is -2.11. The molecule has 2 rings (SSSR count). The van der Waals surface area contributed by atoms with Crippen LogP contribution in [0.1, 0.15) is 6.92 Å². The minimum atomic E-state index is -0.0844. The van der Waals surface area contributed by atoms with Crippen LogP contribution in [0.5, 0.6) is 0 Å². The number of thiocarbonyl (C=S) groups is 1. The van der Waals surface area contributed by atoms with Crippen molar-refractivity contribution < 1.29 is 4.79 Å². The van der Waals surface area contributed by atoms with E-state index in [1.54, 1.807) is 11.8 Å². The molecule has 23 heavy (non-hydrogen) atoms. The first kappa shape index (κ1) is 17.3. The van der Waals surface area contributed by atoms with E-state index < -0.39 is 0 Å². The highest BCUT2D eigenvalue weighted by Gasteiger charge is 1.99. The Hall–Kier alpha value is -2.05. The first-order chi connectivity index (χ1) is 11.1. The predicted octanol–water partition coefficient (Wildman–Crippen LogP) is 3.72. The minimum Gasteiger partial charge on any atom is -0.362 e. The third kappa shape index (κ3) is 6.71. The van der Waals surface area contributed by atoms with Crippen molar-refractivity contribution in [3.63, 3.8) is 0 Å². The van der Waals surface area contributed by atoms with Crippen molar-refractivity contribution in [2.45, 2.75) is 11.8 Å². The van der Waals surface area contributed by atoms with Gasteiger partial charge in [-0.15, -0.1) is 11.8 Å². The Kier molecular flexibility index (Phi) is 6.90. The summed E-state index contributed by atoms with van der Waals surface area (Å²) in [5.41, 5.74) is 1.65. The summed E-state index contributed by atoms with van der Waals surface area (Å²) in [5, 5.41) is 9.61. The zero-order chi connectivity index (χ0) is 16.5. The molecular formula is C17H19N3OS2. The summed E-state index contributed by atoms with van der Waals surface area (Å²) in [4.78, 5) is 12.2. The number of rotatable bonds is 6. The molecule has 0 aliphatic rings. The van der Waals surface area contributed by atoms with Gasteiger partial charge in [0, 0.05) is 35.5 Å². The fraction of sp³-hybridized carbons (Fsp3) is 0.176. The largest absolute Gasteiger partial charge is 0.362 e. The van der Waals surface area contributed by atoms with Gasteiger partial charge in [-0.2, -0.15) is 0 Å². The van der Waals surface area contributed by atoms with Crippen molar-refractivity contribution in [3.05, 3.63) is 54.6 Å². The van der Waals surface area contributed by atoms with Crippen LogP contribution in [0.3, 0.4) is 0 Å². The van der Waals surface area contributed by atoms with Gasteiger partial charge in [-0.3, -0.25) is 4.79 Å². The number of hydrogen-bond donors (Lipinski definition) is 3. The van der Waals surface area contributed by atoms with Gasteiger partial charge in [0.25, 0.3) is 0 Å². The molecule has 0 heterocycles. The average Bonchev–Trinajstić information content (AvgIpc) is 2.54. The number of anilines is 2. The minimum absolute atomic E-state index is 0.0844. The van der Waals surface area contributed by atoms with Crippen molar-refractivity contribution in [3.8, 4) is 0 Å². The zero-order valence-electron chi connectivity index (χ0n) is 12.8. The molecule has 0 fully saturated rings. The Morgan fingerprint density at radius 1 is 1.00 bits per heavy atom. The van der Waals surface area contributed by atoms with Crippen LogP contribution in [0, 0.1) is 0 Å². The third-order valence-corrected chi connectivity index (χ3v) is 4.12. The molecule has 0 bridgehead atoms. The number of benzene rings is 2. The van der Waals surface area contributed by atoms with Crippen LogP contribution in [0.25, 0.3) is 0 Å². The summed E-state index contributed by atoms with van der Waals surface area (Å²) in [5.74, 6) is 0.853. The molecule has 0 atom stereocenters. The Labute approximate surface area is 146 Å². The highest BCUT2D eigenvalue weighted by Crippen LogP contribution is 2.16. The molecule has 0 aromatic heterocycles. The zero-order valence-corrected chi connectivity index (χ0v) is 14.5. The summed E-state index contributed by atoms with van der Waals surface area (Å²) in [7, 11) is 0. The first-order valence-electron chi connectivity index (χ1n) is 7.24. The maximum absolute atomic E-state index is 11.0. The van der Waals surface area contributed by atoms with Crippen LogP contribution in [-0.2, 0) is 4.79 Å². The average molecular weight is 345 g/mol. The predicted molar refractivity (Wildman–Crippen MR) is 102 cm³/mol. The molecule has 0 spiro atoms. The molecule has 3 N–H and O–H groups in total. The van der Waals surface area contributed by atoms with Crippen LogP contribution < -0.4 is 16.0 Å². The maximum Gasteiger partial charge on any atom is 0.221 e. The second-order valence-corrected chi connectivity index (χ2v) is 6.38. The van der Waals surface area contributed by atoms with Crippen LogP contribution in [0.2, 0.25) is 0 Å². The molecule has 0 radical (unpaired) electrons. The Balaban J connectivity index is 1.69. The monoisotopic (exact) mass is 345 g/mol. The van der Waals surface area contributed by atoms with E-state index in [9.17, 15) is 4.79 Å². The lowest BCUT2D eigenvalue weighted by Crippen LogP contribution is -2.30. The van der Waals surface area contributed by atoms with Gasteiger partial charge in [0.2, 0.25) is 5.91 Å². The van der Waals surface area contributed by atoms with E-state index >= 15 is 0 Å². The van der Waals surface area contributed by atoms with Gasteiger partial charge in [0.15, 0.2) is 5.11 Å². The molecular weight excluding hydrogens is 326 g/mol. The smallest absolute Gasteiger partial charge is 0.221 e. The number of amides is 1. The van der Waals surface area contributed by atoms with Crippen LogP contribution in [0.4, 0.5) is 11.4 Å². The van der Waals surface area contributed by atoms with Crippen molar-refractivity contribution in [1.82, 2.24) is 5.32 Å². The number of nitrogens with one attached hydrogen (secondary N) is 3. The van der Waals surface area contributed by atoms with E-state index in [0.29, 0.717) is 5.11 Å². The molecule has 0 aliphatic heterocycles. The molecule has 120 valence electrons. The summed E-state index contributed by atoms with van der Waals surface area (Å²) in [6, 6.07) is 17.7. The standard InChI is InChI=1S/C17H19N3OS2/c1-13(21)19-14-7-9-15(10-8-14)20-17(22)18-11-12-23-16-5-3-2-4-6-16/h2-10H,11-12H2,1H3,(H,19,21)(H2,18,20,22). The van der Waals surface area contributed by atoms with E-state index in [4.69, 9.17) is 12.2 Å². The molecule has 2 aromatic carbocycles. The summed E-state index contributed by atoms with van der Waals surface area (Å²) < 4.78 is 0. The topological polar surface area (TPSA) is 53.2 Å². The van der Waals surface area contributed by atoms with Crippen LogP contribution in [0.15, 0.2) is 59.5 Å². The van der Waals surface area contributed by atoms with Crippen molar-refractivity contribution in [1.29, 1.82) is 0 Å². The second kappa shape index (κ2) is 9.17. The maximum atomic E-state index is 11.0. The molecule has 6 heteroatoms. The fourth-order valence-electron chi connectivity index (χ4n) is 1.87. The SMILES string of the molecule is CC(=O)Nc1ccc(NC(=S)NCCSc2ccccc2)cc1. The van der Waals surface area contributed by atoms with Gasteiger partial charge < -0.3 is 16.0 Å². The van der Waals surface area contributed by atoms with Gasteiger partial charge >= 0.3 is 0 Å². The number of carbonyl (C=O) groups is 1. The lowest BCUT2D eigenvalue weighted by atomic mass is 10.3. The van der Waals surface area contributed by atoms with Gasteiger partial charge in [-0.05, 0) is 48.6 Å². The van der Waals surface area contributed by atoms with Crippen molar-refractivity contribution in [2.24, 2.45) is 0 Å². The van der Waals surface area contributed by atoms with E-state index in [-0.39, 0.29) is 5.91 Å². The Morgan fingerprint density at radius 2 is 1.61 bits per heavy atom. The third-order valence-electron chi connectivity index (χ3n) is 2.86. The molecule has 1 amide bonds. The Bertz CT molecular complexity index is 645. The number of thioether (sulfide) groups is 1. The lowest BCUT2D eigenvalue weighted by molar-refractivity contribution is -0.114. The highest BCUT2D eigenvalue weighted by atomic mass is 32.2. The van der Waals surface area contributed by atoms with Crippen molar-refractivity contribution >= 4 is 46.4 Å². The highest BCUT2D eigenvalue weighted by molar-refractivity contribution is 7.99. The second-order valence-electron chi connectivity index (χ2n) is 4.80. The summed E-state index contributed by atoms with van der Waals surface area (Å²) in [6.07, 6.45) is 0. The Morgan fingerprint density at radius 3 is 2.22 bits per heavy atom. The fourth-order valence-corrected chi connectivity index (χ4v) is 2.87. The molecule has 0 saturated carbocycles. The van der Waals surface area contributed by atoms with Gasteiger partial charge in [-0.25, -0.2) is 0 Å². The summed E-state index contributed by atoms with van der Waals surface area (Å²) >= 11 is 7.05. The van der Waals surface area contributed by atoms with E-state index in [1.807, 2.05) is 42.5 Å². The van der Waals surface area contributed by atoms with Crippen molar-refractivity contribution in [2.75, 3.05) is 22.9 Å². The molecule has 4 nitrogen and oxygen atoms in total. The first-order valence-corrected chi connectivity index (χ1v) is 8.63. The summed E-state index contributed by atoms with van der Waals surface area (Å²) in [6.45, 7) is 2.27. The molecule has 2 aromatic rings. The normalized spacial score (nSPS) is 9.96. The van der Waals surface area contributed by atoms with Gasteiger partial charge in [0.1, 0.15) is 0 Å². The number of hydrogen-bond acceptors (Lipinski definition) is 3. The molecule has 0 aliphatic carbocycles. The van der Waals surface area contributed by atoms with E-state index in [1.165, 1.54) is 11.8 Å². The van der Waals surface area contributed by atoms with Gasteiger partial charge in [0.05, 0.1) is 0 Å². The van der Waals surface area contributed by atoms with Crippen LogP contribution >= 0.6 is 24.0 Å². The number of carbonyl (C=O) groups excluding carboxylic acids is 1. The molecule has 0 saturated heterocycles.